The average Bonchev–Trinajstić information content (AvgIpc) is 3.00. The molecule has 0 radical (unpaired) electrons. The Hall–Kier alpha value is -3.27. The fraction of sp³-hybridized carbons (Fsp3) is 0.367. The lowest BCUT2D eigenvalue weighted by atomic mass is 10.2. The Bertz CT molecular complexity index is 1280. The maximum Gasteiger partial charge on any atom is 0.233 e. The largest absolute Gasteiger partial charge is 0.497 e. The number of hydrogen-bond donors (Lipinski definition) is 0. The third-order valence-corrected chi connectivity index (χ3v) is 8.25. The third kappa shape index (κ3) is 7.68. The number of benzene rings is 2. The van der Waals surface area contributed by atoms with Crippen molar-refractivity contribution in [2.45, 2.75) is 5.16 Å². The molecule has 1 amide bonds. The quantitative estimate of drug-likeness (QED) is 0.210. The van der Waals surface area contributed by atoms with Gasteiger partial charge >= 0.3 is 0 Å². The van der Waals surface area contributed by atoms with Gasteiger partial charge in [-0.3, -0.25) is 9.69 Å². The number of ether oxygens (including phenoxy) is 1. The molecule has 0 N–H and O–H groups in total. The highest BCUT2D eigenvalue weighted by atomic mass is 35.5. The summed E-state index contributed by atoms with van der Waals surface area (Å²) in [6, 6.07) is 20.3. The van der Waals surface area contributed by atoms with E-state index < -0.39 is 0 Å². The van der Waals surface area contributed by atoms with E-state index in [4.69, 9.17) is 21.3 Å². The Morgan fingerprint density at radius 3 is 2.33 bits per heavy atom. The molecule has 0 atom stereocenters. The lowest BCUT2D eigenvalue weighted by Crippen LogP contribution is -2.49. The van der Waals surface area contributed by atoms with Crippen LogP contribution in [0.25, 0.3) is 6.08 Å². The van der Waals surface area contributed by atoms with Crippen LogP contribution in [0, 0.1) is 0 Å². The first-order chi connectivity index (χ1) is 19.6. The van der Waals surface area contributed by atoms with Crippen LogP contribution in [-0.2, 0) is 4.79 Å². The van der Waals surface area contributed by atoms with E-state index in [1.165, 1.54) is 23.0 Å². The summed E-state index contributed by atoms with van der Waals surface area (Å²) in [5, 5.41) is 0.938. The highest BCUT2D eigenvalue weighted by Gasteiger charge is 2.22. The molecule has 2 fully saturated rings. The van der Waals surface area contributed by atoms with E-state index in [-0.39, 0.29) is 5.91 Å². The number of aromatic nitrogens is 2. The molecule has 0 spiro atoms. The Kier molecular flexibility index (Phi) is 9.81. The lowest BCUT2D eigenvalue weighted by Gasteiger charge is -2.36. The van der Waals surface area contributed by atoms with Crippen molar-refractivity contribution in [2.75, 3.05) is 81.6 Å². The zero-order valence-electron chi connectivity index (χ0n) is 22.8. The number of piperazine rings is 2. The van der Waals surface area contributed by atoms with Crippen molar-refractivity contribution in [3.63, 3.8) is 0 Å². The molecule has 0 saturated carbocycles. The Balaban J connectivity index is 1.07. The van der Waals surface area contributed by atoms with E-state index in [1.54, 1.807) is 7.11 Å². The van der Waals surface area contributed by atoms with Crippen molar-refractivity contribution >= 4 is 46.9 Å². The number of carbonyl (C=O) groups is 1. The second-order valence-corrected chi connectivity index (χ2v) is 11.1. The van der Waals surface area contributed by atoms with E-state index >= 15 is 0 Å². The minimum Gasteiger partial charge on any atom is -0.497 e. The molecular weight excluding hydrogens is 544 g/mol. The van der Waals surface area contributed by atoms with Crippen molar-refractivity contribution in [3.05, 3.63) is 77.5 Å². The molecule has 5 rings (SSSR count). The Morgan fingerprint density at radius 2 is 1.62 bits per heavy atom. The van der Waals surface area contributed by atoms with Crippen LogP contribution in [0.2, 0.25) is 5.15 Å². The van der Waals surface area contributed by atoms with Crippen LogP contribution in [0.5, 0.6) is 5.75 Å². The molecule has 3 aromatic rings. The predicted molar refractivity (Wildman–Crippen MR) is 164 cm³/mol. The summed E-state index contributed by atoms with van der Waals surface area (Å²) in [6.45, 7) is 7.51. The van der Waals surface area contributed by atoms with Crippen molar-refractivity contribution < 1.29 is 9.53 Å². The first kappa shape index (κ1) is 28.3. The monoisotopic (exact) mass is 578 g/mol. The van der Waals surface area contributed by atoms with Crippen LogP contribution in [0.4, 0.5) is 11.5 Å². The SMILES string of the molecule is COc1ccc(N2CCN(c3cc(Cl)nc(SCC(=O)N4CCN(CC=Cc5ccccc5)CC4)n3)CC2)cc1. The second-order valence-electron chi connectivity index (χ2n) is 9.79. The number of halogens is 1. The number of amides is 1. The molecule has 10 heteroatoms. The standard InChI is InChI=1S/C30H35ClN6O2S/c1-39-26-11-9-25(10-12-26)35-18-20-36(21-19-35)28-22-27(31)32-30(33-28)40-23-29(38)37-16-14-34(15-17-37)13-5-8-24-6-3-2-4-7-24/h2-12,22H,13-21,23H2,1H3. The van der Waals surface area contributed by atoms with Crippen LogP contribution < -0.4 is 14.5 Å². The molecule has 8 nitrogen and oxygen atoms in total. The van der Waals surface area contributed by atoms with Crippen LogP contribution in [0.3, 0.4) is 0 Å². The van der Waals surface area contributed by atoms with Gasteiger partial charge in [0, 0.05) is 70.7 Å². The van der Waals surface area contributed by atoms with Crippen LogP contribution in [0.15, 0.2) is 71.9 Å². The van der Waals surface area contributed by atoms with Gasteiger partial charge in [-0.2, -0.15) is 0 Å². The van der Waals surface area contributed by atoms with Gasteiger partial charge in [0.15, 0.2) is 5.16 Å². The highest BCUT2D eigenvalue weighted by molar-refractivity contribution is 7.99. The van der Waals surface area contributed by atoms with Gasteiger partial charge in [0.1, 0.15) is 16.7 Å². The number of hydrogen-bond acceptors (Lipinski definition) is 8. The van der Waals surface area contributed by atoms with E-state index in [9.17, 15) is 4.79 Å². The van der Waals surface area contributed by atoms with Crippen molar-refractivity contribution in [3.8, 4) is 5.75 Å². The van der Waals surface area contributed by atoms with Crippen LogP contribution in [-0.4, -0.2) is 97.4 Å². The molecule has 0 unspecified atom stereocenters. The summed E-state index contributed by atoms with van der Waals surface area (Å²) in [4.78, 5) is 30.9. The Morgan fingerprint density at radius 1 is 0.925 bits per heavy atom. The van der Waals surface area contributed by atoms with Gasteiger partial charge in [0.25, 0.3) is 0 Å². The van der Waals surface area contributed by atoms with Gasteiger partial charge in [0.2, 0.25) is 5.91 Å². The molecule has 0 bridgehead atoms. The number of thioether (sulfide) groups is 1. The number of nitrogens with zero attached hydrogens (tertiary/aromatic N) is 6. The highest BCUT2D eigenvalue weighted by Crippen LogP contribution is 2.25. The zero-order chi connectivity index (χ0) is 27.7. The normalized spacial score (nSPS) is 16.5. The van der Waals surface area contributed by atoms with E-state index in [2.05, 4.69) is 56.1 Å². The second kappa shape index (κ2) is 13.9. The average molecular weight is 579 g/mol. The number of rotatable bonds is 9. The van der Waals surface area contributed by atoms with Gasteiger partial charge < -0.3 is 19.4 Å². The third-order valence-electron chi connectivity index (χ3n) is 7.23. The molecule has 40 heavy (non-hydrogen) atoms. The topological polar surface area (TPSA) is 65.0 Å². The summed E-state index contributed by atoms with van der Waals surface area (Å²) in [5.74, 6) is 2.08. The summed E-state index contributed by atoms with van der Waals surface area (Å²) >= 11 is 7.72. The summed E-state index contributed by atoms with van der Waals surface area (Å²) in [6.07, 6.45) is 4.34. The van der Waals surface area contributed by atoms with Crippen LogP contribution >= 0.6 is 23.4 Å². The smallest absolute Gasteiger partial charge is 0.233 e. The van der Waals surface area contributed by atoms with Crippen LogP contribution in [0.1, 0.15) is 5.56 Å². The minimum atomic E-state index is 0.114. The molecule has 2 aliphatic heterocycles. The zero-order valence-corrected chi connectivity index (χ0v) is 24.4. The number of anilines is 2. The maximum atomic E-state index is 12.9. The van der Waals surface area contributed by atoms with Crippen molar-refractivity contribution in [1.82, 2.24) is 19.8 Å². The van der Waals surface area contributed by atoms with Gasteiger partial charge in [0.05, 0.1) is 12.9 Å². The minimum absolute atomic E-state index is 0.114. The van der Waals surface area contributed by atoms with E-state index in [0.29, 0.717) is 16.1 Å². The molecular formula is C30H35ClN6O2S. The Labute approximate surface area is 245 Å². The van der Waals surface area contributed by atoms with Gasteiger partial charge in [-0.25, -0.2) is 9.97 Å². The molecule has 3 heterocycles. The van der Waals surface area contributed by atoms with Crippen molar-refractivity contribution in [1.29, 1.82) is 0 Å². The van der Waals surface area contributed by atoms with Gasteiger partial charge in [-0.1, -0.05) is 65.8 Å². The fourth-order valence-electron chi connectivity index (χ4n) is 4.90. The molecule has 210 valence electrons. The first-order valence-electron chi connectivity index (χ1n) is 13.6. The van der Waals surface area contributed by atoms with Gasteiger partial charge in [-0.05, 0) is 29.8 Å². The van der Waals surface area contributed by atoms with Crippen molar-refractivity contribution in [2.24, 2.45) is 0 Å². The number of methoxy groups -OCH3 is 1. The molecule has 2 saturated heterocycles. The van der Waals surface area contributed by atoms with E-state index in [1.807, 2.05) is 41.3 Å². The molecule has 1 aromatic heterocycles. The maximum absolute atomic E-state index is 12.9. The fourth-order valence-corrected chi connectivity index (χ4v) is 5.88. The summed E-state index contributed by atoms with van der Waals surface area (Å²) in [5.41, 5.74) is 2.39. The lowest BCUT2D eigenvalue weighted by molar-refractivity contribution is -0.130. The van der Waals surface area contributed by atoms with E-state index in [0.717, 1.165) is 70.5 Å². The molecule has 2 aromatic carbocycles. The predicted octanol–water partition coefficient (Wildman–Crippen LogP) is 4.41. The first-order valence-corrected chi connectivity index (χ1v) is 15.0. The summed E-state index contributed by atoms with van der Waals surface area (Å²) < 4.78 is 5.27. The molecule has 2 aliphatic rings. The summed E-state index contributed by atoms with van der Waals surface area (Å²) in [7, 11) is 1.68. The molecule has 0 aliphatic carbocycles. The number of carbonyl (C=O) groups excluding carboxylic acids is 1. The van der Waals surface area contributed by atoms with Gasteiger partial charge in [-0.15, -0.1) is 0 Å².